The predicted octanol–water partition coefficient (Wildman–Crippen LogP) is 2.53. The number of aliphatic carboxylic acids is 1. The molecule has 2 aromatic rings. The minimum atomic E-state index is -0.691. The third-order valence-electron chi connectivity index (χ3n) is 3.98. The summed E-state index contributed by atoms with van der Waals surface area (Å²) in [5, 5.41) is 11.3. The molecular weight excluding hydrogens is 252 g/mol. The molecule has 1 aliphatic heterocycles. The lowest BCUT2D eigenvalue weighted by Crippen LogP contribution is -2.21. The fourth-order valence-electron chi connectivity index (χ4n) is 3.02. The van der Waals surface area contributed by atoms with Gasteiger partial charge < -0.3 is 5.11 Å². The molecule has 0 bridgehead atoms. The average molecular weight is 270 g/mol. The summed E-state index contributed by atoms with van der Waals surface area (Å²) >= 11 is 0. The molecule has 4 heteroatoms. The van der Waals surface area contributed by atoms with Crippen LogP contribution in [0, 0.1) is 5.92 Å². The number of rotatable bonds is 4. The van der Waals surface area contributed by atoms with Crippen molar-refractivity contribution in [3.05, 3.63) is 42.2 Å². The highest BCUT2D eigenvalue weighted by molar-refractivity contribution is 5.84. The number of hydrogen-bond acceptors (Lipinski definition) is 3. The standard InChI is InChI=1S/C16H18N2O2/c19-16(20)7-12-5-6-18(10-12)11-14-9-17-8-13-3-1-2-4-15(13)14/h1-4,8-9,12H,5-7,10-11H2,(H,19,20). The average Bonchev–Trinajstić information content (AvgIpc) is 2.86. The summed E-state index contributed by atoms with van der Waals surface area (Å²) in [5.41, 5.74) is 1.22. The summed E-state index contributed by atoms with van der Waals surface area (Å²) < 4.78 is 0. The Kier molecular flexibility index (Phi) is 3.65. The van der Waals surface area contributed by atoms with Crippen molar-refractivity contribution in [2.45, 2.75) is 19.4 Å². The first kappa shape index (κ1) is 13.1. The molecule has 0 spiro atoms. The van der Waals surface area contributed by atoms with Gasteiger partial charge in [-0.25, -0.2) is 0 Å². The Morgan fingerprint density at radius 1 is 1.35 bits per heavy atom. The number of likely N-dealkylation sites (tertiary alicyclic amines) is 1. The first-order valence-electron chi connectivity index (χ1n) is 6.98. The Hall–Kier alpha value is -1.94. The Balaban J connectivity index is 1.73. The van der Waals surface area contributed by atoms with Gasteiger partial charge in [0.15, 0.2) is 0 Å². The molecule has 104 valence electrons. The Labute approximate surface area is 118 Å². The maximum atomic E-state index is 10.8. The molecule has 20 heavy (non-hydrogen) atoms. The van der Waals surface area contributed by atoms with Crippen molar-refractivity contribution in [2.24, 2.45) is 5.92 Å². The number of nitrogens with zero attached hydrogens (tertiary/aromatic N) is 2. The molecule has 1 fully saturated rings. The zero-order valence-corrected chi connectivity index (χ0v) is 11.3. The van der Waals surface area contributed by atoms with Gasteiger partial charge in [-0.1, -0.05) is 24.3 Å². The maximum absolute atomic E-state index is 10.8. The largest absolute Gasteiger partial charge is 0.481 e. The molecule has 1 atom stereocenters. The van der Waals surface area contributed by atoms with Crippen LogP contribution in [0.15, 0.2) is 36.7 Å². The number of carboxylic acid groups (broad SMARTS) is 1. The van der Waals surface area contributed by atoms with Gasteiger partial charge in [0.1, 0.15) is 0 Å². The van der Waals surface area contributed by atoms with E-state index in [-0.39, 0.29) is 12.3 Å². The highest BCUT2D eigenvalue weighted by Gasteiger charge is 2.24. The van der Waals surface area contributed by atoms with Crippen LogP contribution >= 0.6 is 0 Å². The molecule has 4 nitrogen and oxygen atoms in total. The third-order valence-corrected chi connectivity index (χ3v) is 3.98. The first-order valence-corrected chi connectivity index (χ1v) is 6.98. The van der Waals surface area contributed by atoms with Gasteiger partial charge in [0.2, 0.25) is 0 Å². The van der Waals surface area contributed by atoms with Crippen LogP contribution in [-0.2, 0) is 11.3 Å². The van der Waals surface area contributed by atoms with Gasteiger partial charge >= 0.3 is 5.97 Å². The topological polar surface area (TPSA) is 53.4 Å². The van der Waals surface area contributed by atoms with E-state index in [1.54, 1.807) is 0 Å². The van der Waals surface area contributed by atoms with Gasteiger partial charge in [-0.15, -0.1) is 0 Å². The molecule has 1 unspecified atom stereocenters. The van der Waals surface area contributed by atoms with E-state index in [4.69, 9.17) is 5.11 Å². The van der Waals surface area contributed by atoms with Crippen molar-refractivity contribution < 1.29 is 9.90 Å². The van der Waals surface area contributed by atoms with Gasteiger partial charge in [-0.3, -0.25) is 14.7 Å². The quantitative estimate of drug-likeness (QED) is 0.927. The van der Waals surface area contributed by atoms with Gasteiger partial charge in [-0.2, -0.15) is 0 Å². The number of benzene rings is 1. The normalized spacial score (nSPS) is 19.5. The Bertz CT molecular complexity index is 621. The molecule has 0 saturated carbocycles. The second-order valence-corrected chi connectivity index (χ2v) is 5.51. The number of aromatic nitrogens is 1. The lowest BCUT2D eigenvalue weighted by molar-refractivity contribution is -0.138. The number of carbonyl (C=O) groups is 1. The highest BCUT2D eigenvalue weighted by atomic mass is 16.4. The molecule has 0 radical (unpaired) electrons. The van der Waals surface area contributed by atoms with Gasteiger partial charge in [0.05, 0.1) is 0 Å². The lowest BCUT2D eigenvalue weighted by atomic mass is 10.1. The van der Waals surface area contributed by atoms with Crippen molar-refractivity contribution in [1.82, 2.24) is 9.88 Å². The summed E-state index contributed by atoms with van der Waals surface area (Å²) in [5.74, 6) is -0.404. The molecule has 0 amide bonds. The molecule has 1 aromatic carbocycles. The van der Waals surface area contributed by atoms with E-state index in [1.807, 2.05) is 24.5 Å². The molecule has 0 aliphatic carbocycles. The first-order chi connectivity index (χ1) is 9.72. The molecule has 3 rings (SSSR count). The van der Waals surface area contributed by atoms with Crippen LogP contribution in [0.25, 0.3) is 10.8 Å². The van der Waals surface area contributed by atoms with E-state index in [0.29, 0.717) is 0 Å². The zero-order chi connectivity index (χ0) is 13.9. The van der Waals surface area contributed by atoms with Crippen LogP contribution in [0.4, 0.5) is 0 Å². The van der Waals surface area contributed by atoms with Crippen LogP contribution in [0.5, 0.6) is 0 Å². The summed E-state index contributed by atoms with van der Waals surface area (Å²) in [6, 6.07) is 8.26. The maximum Gasteiger partial charge on any atom is 0.303 e. The highest BCUT2D eigenvalue weighted by Crippen LogP contribution is 2.24. The second-order valence-electron chi connectivity index (χ2n) is 5.51. The van der Waals surface area contributed by atoms with Gasteiger partial charge in [0.25, 0.3) is 0 Å². The van der Waals surface area contributed by atoms with Gasteiger partial charge in [-0.05, 0) is 29.8 Å². The number of carboxylic acids is 1. The van der Waals surface area contributed by atoms with E-state index in [0.717, 1.165) is 31.4 Å². The minimum Gasteiger partial charge on any atom is -0.481 e. The summed E-state index contributed by atoms with van der Waals surface area (Å²) in [4.78, 5) is 17.4. The smallest absolute Gasteiger partial charge is 0.303 e. The predicted molar refractivity (Wildman–Crippen MR) is 77.4 cm³/mol. The molecule has 1 aromatic heterocycles. The SMILES string of the molecule is O=C(O)CC1CCN(Cc2cncc3ccccc23)C1. The Morgan fingerprint density at radius 3 is 3.05 bits per heavy atom. The van der Waals surface area contributed by atoms with E-state index in [2.05, 4.69) is 22.0 Å². The summed E-state index contributed by atoms with van der Waals surface area (Å²) in [6.07, 6.45) is 5.07. The molecule has 1 aliphatic rings. The molecule has 1 N–H and O–H groups in total. The molecule has 1 saturated heterocycles. The minimum absolute atomic E-state index is 0.282. The Morgan fingerprint density at radius 2 is 2.20 bits per heavy atom. The van der Waals surface area contributed by atoms with E-state index < -0.39 is 5.97 Å². The van der Waals surface area contributed by atoms with Crippen LogP contribution in [0.1, 0.15) is 18.4 Å². The number of hydrogen-bond donors (Lipinski definition) is 1. The lowest BCUT2D eigenvalue weighted by Gasteiger charge is -2.16. The number of pyridine rings is 1. The number of fused-ring (bicyclic) bond motifs is 1. The van der Waals surface area contributed by atoms with Crippen molar-refractivity contribution >= 4 is 16.7 Å². The van der Waals surface area contributed by atoms with Crippen molar-refractivity contribution in [2.75, 3.05) is 13.1 Å². The fraction of sp³-hybridized carbons (Fsp3) is 0.375. The fourth-order valence-corrected chi connectivity index (χ4v) is 3.02. The van der Waals surface area contributed by atoms with Crippen LogP contribution < -0.4 is 0 Å². The summed E-state index contributed by atoms with van der Waals surface area (Å²) in [7, 11) is 0. The van der Waals surface area contributed by atoms with Crippen molar-refractivity contribution in [1.29, 1.82) is 0 Å². The van der Waals surface area contributed by atoms with Crippen LogP contribution in [0.2, 0.25) is 0 Å². The van der Waals surface area contributed by atoms with E-state index in [9.17, 15) is 4.79 Å². The summed E-state index contributed by atoms with van der Waals surface area (Å²) in [6.45, 7) is 2.70. The van der Waals surface area contributed by atoms with E-state index >= 15 is 0 Å². The zero-order valence-electron chi connectivity index (χ0n) is 11.3. The van der Waals surface area contributed by atoms with Crippen LogP contribution in [0.3, 0.4) is 0 Å². The van der Waals surface area contributed by atoms with Crippen molar-refractivity contribution in [3.8, 4) is 0 Å². The monoisotopic (exact) mass is 270 g/mol. The van der Waals surface area contributed by atoms with Crippen molar-refractivity contribution in [3.63, 3.8) is 0 Å². The van der Waals surface area contributed by atoms with Gasteiger partial charge in [0, 0.05) is 37.3 Å². The molecular formula is C16H18N2O2. The third kappa shape index (κ3) is 2.80. The molecule has 2 heterocycles. The van der Waals surface area contributed by atoms with Crippen LogP contribution in [-0.4, -0.2) is 34.0 Å². The second kappa shape index (κ2) is 5.59. The van der Waals surface area contributed by atoms with E-state index in [1.165, 1.54) is 10.9 Å².